The van der Waals surface area contributed by atoms with E-state index in [0.717, 1.165) is 12.8 Å². The zero-order valence-electron chi connectivity index (χ0n) is 13.3. The van der Waals surface area contributed by atoms with Crippen LogP contribution in [0.5, 0.6) is 0 Å². The molecule has 114 valence electrons. The molecule has 0 fully saturated rings. The van der Waals surface area contributed by atoms with Crippen LogP contribution in [0.25, 0.3) is 0 Å². The van der Waals surface area contributed by atoms with E-state index in [1.165, 1.54) is 57.8 Å². The monoisotopic (exact) mass is 269 g/mol. The minimum absolute atomic E-state index is 0.357. The topological polar surface area (TPSA) is 43.1 Å². The minimum atomic E-state index is 0.357. The normalized spacial score (nSPS) is 12.6. The van der Waals surface area contributed by atoms with E-state index in [2.05, 4.69) is 13.8 Å². The first-order valence-electron chi connectivity index (χ1n) is 8.42. The fourth-order valence-electron chi connectivity index (χ4n) is 2.38. The van der Waals surface area contributed by atoms with E-state index in [-0.39, 0.29) is 0 Å². The van der Waals surface area contributed by atoms with Gasteiger partial charge in [-0.2, -0.15) is 0 Å². The molecule has 0 amide bonds. The Morgan fingerprint density at radius 3 is 1.84 bits per heavy atom. The van der Waals surface area contributed by atoms with Gasteiger partial charge in [0.2, 0.25) is 0 Å². The highest BCUT2D eigenvalue weighted by molar-refractivity contribution is 5.78. The van der Waals surface area contributed by atoms with E-state index >= 15 is 0 Å². The summed E-state index contributed by atoms with van der Waals surface area (Å²) in [4.78, 5) is 11.6. The summed E-state index contributed by atoms with van der Waals surface area (Å²) in [6, 6.07) is 0. The maximum Gasteiger partial charge on any atom is 0.133 e. The van der Waals surface area contributed by atoms with Gasteiger partial charge in [0, 0.05) is 12.8 Å². The van der Waals surface area contributed by atoms with Gasteiger partial charge in [0.15, 0.2) is 0 Å². The molecule has 2 heteroatoms. The van der Waals surface area contributed by atoms with Crippen LogP contribution < -0.4 is 5.73 Å². The molecule has 0 aromatic rings. The zero-order valence-corrected chi connectivity index (χ0v) is 13.3. The van der Waals surface area contributed by atoms with Gasteiger partial charge in [0.25, 0.3) is 0 Å². The number of carbonyl (C=O) groups excluding carboxylic acids is 1. The van der Waals surface area contributed by atoms with Crippen LogP contribution in [0, 0.1) is 5.92 Å². The third kappa shape index (κ3) is 13.9. The molecule has 0 saturated heterocycles. The molecule has 19 heavy (non-hydrogen) atoms. The Bertz CT molecular complexity index is 203. The number of rotatable bonds is 14. The first-order valence-corrected chi connectivity index (χ1v) is 8.42. The Kier molecular flexibility index (Phi) is 13.8. The summed E-state index contributed by atoms with van der Waals surface area (Å²) in [6.07, 6.45) is 14.7. The summed E-state index contributed by atoms with van der Waals surface area (Å²) in [5.41, 5.74) is 5.52. The summed E-state index contributed by atoms with van der Waals surface area (Å²) in [6.45, 7) is 4.94. The molecule has 1 unspecified atom stereocenters. The van der Waals surface area contributed by atoms with Crippen LogP contribution in [0.1, 0.15) is 90.9 Å². The van der Waals surface area contributed by atoms with Crippen LogP contribution in [-0.2, 0) is 4.79 Å². The standard InChI is InChI=1S/C17H35NO/c1-3-4-5-6-7-8-9-10-11-12-13-17(19)14-16(2)15-18/h16H,3-15,18H2,1-2H3. The van der Waals surface area contributed by atoms with Gasteiger partial charge >= 0.3 is 0 Å². The summed E-state index contributed by atoms with van der Waals surface area (Å²) < 4.78 is 0. The Morgan fingerprint density at radius 2 is 1.37 bits per heavy atom. The number of Topliss-reactive ketones (excluding diaryl/α,β-unsaturated/α-hetero) is 1. The highest BCUT2D eigenvalue weighted by atomic mass is 16.1. The van der Waals surface area contributed by atoms with Gasteiger partial charge in [-0.05, 0) is 18.9 Å². The van der Waals surface area contributed by atoms with Gasteiger partial charge in [-0.25, -0.2) is 0 Å². The second-order valence-electron chi connectivity index (χ2n) is 6.02. The van der Waals surface area contributed by atoms with Crippen molar-refractivity contribution in [3.8, 4) is 0 Å². The molecule has 0 spiro atoms. The molecule has 0 aromatic heterocycles. The van der Waals surface area contributed by atoms with Gasteiger partial charge in [-0.3, -0.25) is 4.79 Å². The molecule has 0 saturated carbocycles. The first kappa shape index (κ1) is 18.6. The van der Waals surface area contributed by atoms with Crippen molar-refractivity contribution in [1.82, 2.24) is 0 Å². The number of unbranched alkanes of at least 4 members (excludes halogenated alkanes) is 9. The molecule has 0 bridgehead atoms. The van der Waals surface area contributed by atoms with Crippen molar-refractivity contribution in [3.05, 3.63) is 0 Å². The minimum Gasteiger partial charge on any atom is -0.330 e. The third-order valence-electron chi connectivity index (χ3n) is 3.79. The summed E-state index contributed by atoms with van der Waals surface area (Å²) in [5.74, 6) is 0.758. The fourth-order valence-corrected chi connectivity index (χ4v) is 2.38. The van der Waals surface area contributed by atoms with Crippen LogP contribution >= 0.6 is 0 Å². The molecule has 2 N–H and O–H groups in total. The molecule has 0 heterocycles. The van der Waals surface area contributed by atoms with Crippen molar-refractivity contribution in [2.75, 3.05) is 6.54 Å². The van der Waals surface area contributed by atoms with Crippen LogP contribution in [0.3, 0.4) is 0 Å². The number of carbonyl (C=O) groups is 1. The van der Waals surface area contributed by atoms with Crippen molar-refractivity contribution >= 4 is 5.78 Å². The Morgan fingerprint density at radius 1 is 0.895 bits per heavy atom. The van der Waals surface area contributed by atoms with Crippen molar-refractivity contribution < 1.29 is 4.79 Å². The molecular formula is C17H35NO. The van der Waals surface area contributed by atoms with Gasteiger partial charge in [0.1, 0.15) is 5.78 Å². The molecule has 0 aliphatic heterocycles. The van der Waals surface area contributed by atoms with Crippen LogP contribution in [-0.4, -0.2) is 12.3 Å². The van der Waals surface area contributed by atoms with Crippen LogP contribution in [0.2, 0.25) is 0 Å². The second-order valence-corrected chi connectivity index (χ2v) is 6.02. The smallest absolute Gasteiger partial charge is 0.133 e. The van der Waals surface area contributed by atoms with Crippen molar-refractivity contribution in [1.29, 1.82) is 0 Å². The Labute approximate surface area is 120 Å². The van der Waals surface area contributed by atoms with E-state index in [0.29, 0.717) is 24.7 Å². The summed E-state index contributed by atoms with van der Waals surface area (Å²) in [7, 11) is 0. The lowest BCUT2D eigenvalue weighted by molar-refractivity contribution is -0.119. The highest BCUT2D eigenvalue weighted by Gasteiger charge is 2.06. The van der Waals surface area contributed by atoms with Gasteiger partial charge in [-0.1, -0.05) is 71.6 Å². The SMILES string of the molecule is CCCCCCCCCCCCC(=O)CC(C)CN. The van der Waals surface area contributed by atoms with Crippen LogP contribution in [0.15, 0.2) is 0 Å². The van der Waals surface area contributed by atoms with E-state index in [1.54, 1.807) is 0 Å². The maximum absolute atomic E-state index is 11.6. The third-order valence-corrected chi connectivity index (χ3v) is 3.79. The lowest BCUT2D eigenvalue weighted by atomic mass is 10.0. The summed E-state index contributed by atoms with van der Waals surface area (Å²) in [5, 5.41) is 0. The number of hydrogen-bond donors (Lipinski definition) is 1. The average Bonchev–Trinajstić information content (AvgIpc) is 2.40. The molecule has 0 aromatic carbocycles. The predicted octanol–water partition coefficient (Wildman–Crippen LogP) is 4.85. The average molecular weight is 269 g/mol. The Hall–Kier alpha value is -0.370. The number of ketones is 1. The first-order chi connectivity index (χ1) is 9.20. The van der Waals surface area contributed by atoms with Crippen molar-refractivity contribution in [2.45, 2.75) is 90.9 Å². The van der Waals surface area contributed by atoms with Crippen molar-refractivity contribution in [2.24, 2.45) is 11.7 Å². The van der Waals surface area contributed by atoms with Crippen molar-refractivity contribution in [3.63, 3.8) is 0 Å². The van der Waals surface area contributed by atoms with Crippen LogP contribution in [0.4, 0.5) is 0 Å². The molecular weight excluding hydrogens is 234 g/mol. The van der Waals surface area contributed by atoms with E-state index in [4.69, 9.17) is 5.73 Å². The summed E-state index contributed by atoms with van der Waals surface area (Å²) >= 11 is 0. The van der Waals surface area contributed by atoms with Gasteiger partial charge < -0.3 is 5.73 Å². The van der Waals surface area contributed by atoms with Gasteiger partial charge in [-0.15, -0.1) is 0 Å². The predicted molar refractivity (Wildman–Crippen MR) is 84.3 cm³/mol. The zero-order chi connectivity index (χ0) is 14.3. The molecule has 0 radical (unpaired) electrons. The molecule has 2 nitrogen and oxygen atoms in total. The lowest BCUT2D eigenvalue weighted by Gasteiger charge is -2.06. The second kappa shape index (κ2) is 14.0. The lowest BCUT2D eigenvalue weighted by Crippen LogP contribution is -2.14. The van der Waals surface area contributed by atoms with E-state index in [1.807, 2.05) is 0 Å². The molecule has 0 rings (SSSR count). The molecule has 1 atom stereocenters. The largest absolute Gasteiger partial charge is 0.330 e. The van der Waals surface area contributed by atoms with E-state index in [9.17, 15) is 4.79 Å². The van der Waals surface area contributed by atoms with E-state index < -0.39 is 0 Å². The van der Waals surface area contributed by atoms with Gasteiger partial charge in [0.05, 0.1) is 0 Å². The quantitative estimate of drug-likeness (QED) is 0.458. The number of nitrogens with two attached hydrogens (primary N) is 1. The highest BCUT2D eigenvalue weighted by Crippen LogP contribution is 2.12. The fraction of sp³-hybridized carbons (Fsp3) is 0.941. The Balaban J connectivity index is 3.16. The molecule has 0 aliphatic rings. The number of hydrogen-bond acceptors (Lipinski definition) is 2. The maximum atomic E-state index is 11.6. The molecule has 0 aliphatic carbocycles.